The van der Waals surface area contributed by atoms with Crippen LogP contribution in [0.25, 0.3) is 0 Å². The topological polar surface area (TPSA) is 101 Å². The van der Waals surface area contributed by atoms with Crippen molar-refractivity contribution in [3.63, 3.8) is 0 Å². The summed E-state index contributed by atoms with van der Waals surface area (Å²) in [4.78, 5) is 32.1. The average molecular weight is 345 g/mol. The lowest BCUT2D eigenvalue weighted by Gasteiger charge is -2.32. The highest BCUT2D eigenvalue weighted by Gasteiger charge is 2.26. The monoisotopic (exact) mass is 345 g/mol. The van der Waals surface area contributed by atoms with Gasteiger partial charge >= 0.3 is 5.69 Å². The summed E-state index contributed by atoms with van der Waals surface area (Å²) in [6.07, 6.45) is 5.32. The first kappa shape index (κ1) is 16.7. The van der Waals surface area contributed by atoms with E-state index in [1.165, 1.54) is 0 Å². The molecule has 1 aliphatic rings. The third-order valence-electron chi connectivity index (χ3n) is 4.08. The van der Waals surface area contributed by atoms with Gasteiger partial charge in [-0.3, -0.25) is 19.9 Å². The van der Waals surface area contributed by atoms with Crippen LogP contribution in [0.15, 0.2) is 36.8 Å². The van der Waals surface area contributed by atoms with Crippen LogP contribution >= 0.6 is 0 Å². The van der Waals surface area contributed by atoms with Crippen LogP contribution in [0, 0.1) is 15.9 Å². The van der Waals surface area contributed by atoms with Gasteiger partial charge in [0.25, 0.3) is 5.91 Å². The summed E-state index contributed by atoms with van der Waals surface area (Å²) in [5, 5.41) is 14.0. The van der Waals surface area contributed by atoms with Gasteiger partial charge in [0.05, 0.1) is 17.2 Å². The van der Waals surface area contributed by atoms with Gasteiger partial charge in [-0.15, -0.1) is 0 Å². The Kier molecular flexibility index (Phi) is 4.82. The van der Waals surface area contributed by atoms with Crippen LogP contribution in [0.3, 0.4) is 0 Å². The molecule has 0 unspecified atom stereocenters. The molecule has 3 heterocycles. The van der Waals surface area contributed by atoms with Gasteiger partial charge in [0.15, 0.2) is 0 Å². The molecule has 0 aromatic carbocycles. The number of pyridine rings is 2. The first-order valence-corrected chi connectivity index (χ1v) is 7.80. The number of hydrogen-bond acceptors (Lipinski definition) is 6. The van der Waals surface area contributed by atoms with E-state index in [1.54, 1.807) is 29.4 Å². The number of aromatic nitrogens is 2. The van der Waals surface area contributed by atoms with E-state index in [0.717, 1.165) is 12.3 Å². The molecule has 0 saturated carbocycles. The zero-order chi connectivity index (χ0) is 17.8. The van der Waals surface area contributed by atoms with E-state index >= 15 is 0 Å². The van der Waals surface area contributed by atoms with Gasteiger partial charge in [-0.2, -0.15) is 0 Å². The molecule has 1 N–H and O–H groups in total. The van der Waals surface area contributed by atoms with Gasteiger partial charge in [-0.1, -0.05) is 0 Å². The first-order chi connectivity index (χ1) is 12.0. The molecule has 2 aromatic rings. The highest BCUT2D eigenvalue weighted by molar-refractivity contribution is 5.94. The van der Waals surface area contributed by atoms with Crippen molar-refractivity contribution < 1.29 is 14.1 Å². The lowest BCUT2D eigenvalue weighted by atomic mass is 10.0. The number of nitrogens with zero attached hydrogens (tertiary/aromatic N) is 4. The van der Waals surface area contributed by atoms with E-state index in [0.29, 0.717) is 31.5 Å². The summed E-state index contributed by atoms with van der Waals surface area (Å²) < 4.78 is 13.1. The second kappa shape index (κ2) is 7.20. The largest absolute Gasteiger partial charge is 0.361 e. The van der Waals surface area contributed by atoms with Gasteiger partial charge in [-0.25, -0.2) is 9.37 Å². The van der Waals surface area contributed by atoms with Crippen molar-refractivity contribution >= 4 is 17.4 Å². The Hall–Kier alpha value is -3.10. The Morgan fingerprint density at radius 2 is 2.00 bits per heavy atom. The summed E-state index contributed by atoms with van der Waals surface area (Å²) in [5.41, 5.74) is 0.188. The normalized spacial score (nSPS) is 15.0. The maximum Gasteiger partial charge on any atom is 0.314 e. The molecule has 0 atom stereocenters. The van der Waals surface area contributed by atoms with Gasteiger partial charge in [-0.05, 0) is 25.0 Å². The van der Waals surface area contributed by atoms with Crippen molar-refractivity contribution in [2.24, 2.45) is 0 Å². The number of nitrogens with one attached hydrogen (secondary N) is 1. The Morgan fingerprint density at radius 1 is 1.32 bits per heavy atom. The van der Waals surface area contributed by atoms with E-state index in [-0.39, 0.29) is 17.8 Å². The summed E-state index contributed by atoms with van der Waals surface area (Å²) in [7, 11) is 0. The lowest BCUT2D eigenvalue weighted by Crippen LogP contribution is -2.42. The summed E-state index contributed by atoms with van der Waals surface area (Å²) in [6.45, 7) is 1.04. The number of piperidine rings is 1. The molecule has 1 saturated heterocycles. The van der Waals surface area contributed by atoms with Gasteiger partial charge in [0.2, 0.25) is 5.82 Å². The van der Waals surface area contributed by atoms with Crippen molar-refractivity contribution in [1.82, 2.24) is 14.9 Å². The quantitative estimate of drug-likeness (QED) is 0.673. The number of nitro groups is 1. The number of carbonyl (C=O) groups excluding carboxylic acids is 1. The van der Waals surface area contributed by atoms with E-state index in [9.17, 15) is 19.3 Å². The summed E-state index contributed by atoms with van der Waals surface area (Å²) >= 11 is 0. The van der Waals surface area contributed by atoms with Gasteiger partial charge in [0, 0.05) is 37.1 Å². The van der Waals surface area contributed by atoms with Crippen LogP contribution in [0.5, 0.6) is 0 Å². The minimum atomic E-state index is -0.755. The number of carbonyl (C=O) groups is 1. The minimum Gasteiger partial charge on any atom is -0.361 e. The first-order valence-electron chi connectivity index (χ1n) is 7.80. The SMILES string of the molecule is O=C(c1ccncc1)N1CCC(Nc2ncc(F)cc2[N+](=O)[O-])CC1. The number of likely N-dealkylation sites (tertiary alicyclic amines) is 1. The van der Waals surface area contributed by atoms with Crippen molar-refractivity contribution in [2.75, 3.05) is 18.4 Å². The van der Waals surface area contributed by atoms with Crippen LogP contribution in [0.2, 0.25) is 0 Å². The van der Waals surface area contributed by atoms with Crippen molar-refractivity contribution in [3.05, 3.63) is 58.3 Å². The van der Waals surface area contributed by atoms with Crippen LogP contribution < -0.4 is 5.32 Å². The van der Waals surface area contributed by atoms with Crippen LogP contribution in [0.4, 0.5) is 15.9 Å². The number of rotatable bonds is 4. The minimum absolute atomic E-state index is 0.0466. The Labute approximate surface area is 142 Å². The molecule has 1 aliphatic heterocycles. The standard InChI is InChI=1S/C16H16FN5O3/c17-12-9-14(22(24)25)15(19-10-12)20-13-3-7-21(8-4-13)16(23)11-1-5-18-6-2-11/h1-2,5-6,9-10,13H,3-4,7-8H2,(H,19,20). The van der Waals surface area contributed by atoms with Crippen LogP contribution in [-0.4, -0.2) is 44.8 Å². The molecule has 1 amide bonds. The molecule has 1 fully saturated rings. The third kappa shape index (κ3) is 3.87. The van der Waals surface area contributed by atoms with E-state index in [1.807, 2.05) is 0 Å². The average Bonchev–Trinajstić information content (AvgIpc) is 2.64. The molecule has 0 radical (unpaired) electrons. The van der Waals surface area contributed by atoms with Crippen molar-refractivity contribution in [1.29, 1.82) is 0 Å². The summed E-state index contributed by atoms with van der Waals surface area (Å²) in [6, 6.07) is 4.10. The van der Waals surface area contributed by atoms with Crippen molar-refractivity contribution in [3.8, 4) is 0 Å². The second-order valence-corrected chi connectivity index (χ2v) is 5.73. The lowest BCUT2D eigenvalue weighted by molar-refractivity contribution is -0.384. The summed E-state index contributed by atoms with van der Waals surface area (Å²) in [5.74, 6) is -0.771. The second-order valence-electron chi connectivity index (χ2n) is 5.73. The molecule has 0 bridgehead atoms. The van der Waals surface area contributed by atoms with Gasteiger partial charge < -0.3 is 10.2 Å². The smallest absolute Gasteiger partial charge is 0.314 e. The Morgan fingerprint density at radius 3 is 2.64 bits per heavy atom. The molecular weight excluding hydrogens is 329 g/mol. The third-order valence-corrected chi connectivity index (χ3v) is 4.08. The Bertz CT molecular complexity index is 779. The highest BCUT2D eigenvalue weighted by Crippen LogP contribution is 2.25. The molecule has 2 aromatic heterocycles. The van der Waals surface area contributed by atoms with Crippen LogP contribution in [0.1, 0.15) is 23.2 Å². The molecule has 8 nitrogen and oxygen atoms in total. The molecule has 130 valence electrons. The van der Waals surface area contributed by atoms with Crippen molar-refractivity contribution in [2.45, 2.75) is 18.9 Å². The fraction of sp³-hybridized carbons (Fsp3) is 0.312. The molecule has 9 heteroatoms. The number of hydrogen-bond donors (Lipinski definition) is 1. The fourth-order valence-electron chi connectivity index (χ4n) is 2.78. The molecular formula is C16H16FN5O3. The molecule has 0 spiro atoms. The van der Waals surface area contributed by atoms with E-state index < -0.39 is 16.4 Å². The maximum absolute atomic E-state index is 13.1. The predicted octanol–water partition coefficient (Wildman–Crippen LogP) is 2.24. The fourth-order valence-corrected chi connectivity index (χ4v) is 2.78. The maximum atomic E-state index is 13.1. The van der Waals surface area contributed by atoms with Crippen LogP contribution in [-0.2, 0) is 0 Å². The predicted molar refractivity (Wildman–Crippen MR) is 87.6 cm³/mol. The zero-order valence-electron chi connectivity index (χ0n) is 13.3. The molecule has 3 rings (SSSR count). The number of anilines is 1. The Balaban J connectivity index is 1.62. The molecule has 25 heavy (non-hydrogen) atoms. The van der Waals surface area contributed by atoms with E-state index in [2.05, 4.69) is 15.3 Å². The molecule has 0 aliphatic carbocycles. The van der Waals surface area contributed by atoms with E-state index in [4.69, 9.17) is 0 Å². The number of halogens is 1. The number of amides is 1. The van der Waals surface area contributed by atoms with Gasteiger partial charge in [0.1, 0.15) is 5.82 Å². The zero-order valence-corrected chi connectivity index (χ0v) is 13.3. The highest BCUT2D eigenvalue weighted by atomic mass is 19.1.